The summed E-state index contributed by atoms with van der Waals surface area (Å²) in [6, 6.07) is 7.27. The van der Waals surface area contributed by atoms with Crippen LogP contribution in [0.2, 0.25) is 0 Å². The van der Waals surface area contributed by atoms with E-state index >= 15 is 0 Å². The van der Waals surface area contributed by atoms with E-state index in [-0.39, 0.29) is 11.4 Å². The Labute approximate surface area is 120 Å². The topological polar surface area (TPSA) is 29.5 Å². The number of hydrogen-bond donors (Lipinski definition) is 0. The van der Waals surface area contributed by atoms with Gasteiger partial charge in [0.05, 0.1) is 7.11 Å². The number of methoxy groups -OCH3 is 1. The molecule has 0 bridgehead atoms. The second-order valence-corrected chi connectivity index (χ2v) is 5.83. The minimum absolute atomic E-state index is 0.0677. The molecule has 0 aliphatic rings. The number of carbonyl (C=O) groups excluding carboxylic acids is 1. The number of halogens is 1. The van der Waals surface area contributed by atoms with Gasteiger partial charge in [-0.25, -0.2) is 0 Å². The Morgan fingerprint density at radius 2 is 1.84 bits per heavy atom. The van der Waals surface area contributed by atoms with Crippen molar-refractivity contribution in [3.63, 3.8) is 0 Å². The Hall–Kier alpha value is -1.22. The lowest BCUT2D eigenvalue weighted by Crippen LogP contribution is -2.46. The predicted molar refractivity (Wildman–Crippen MR) is 78.7 cm³/mol. The Morgan fingerprint density at radius 3 is 2.21 bits per heavy atom. The first-order valence-electron chi connectivity index (χ1n) is 6.40. The first-order chi connectivity index (χ1) is 8.81. The molecular formula is C15H22ClNO2. The average molecular weight is 284 g/mol. The fourth-order valence-electron chi connectivity index (χ4n) is 2.01. The van der Waals surface area contributed by atoms with Gasteiger partial charge < -0.3 is 9.64 Å². The molecular weight excluding hydrogens is 262 g/mol. The van der Waals surface area contributed by atoms with Gasteiger partial charge in [-0.1, -0.05) is 12.1 Å². The largest absolute Gasteiger partial charge is 0.497 e. The fraction of sp³-hybridized carbons (Fsp3) is 0.533. The van der Waals surface area contributed by atoms with E-state index in [0.717, 1.165) is 11.3 Å². The molecule has 0 aliphatic heterocycles. The molecule has 19 heavy (non-hydrogen) atoms. The minimum atomic E-state index is -0.662. The summed E-state index contributed by atoms with van der Waals surface area (Å²) >= 11 is 6.30. The third kappa shape index (κ3) is 3.87. The molecule has 0 fully saturated rings. The third-order valence-electron chi connectivity index (χ3n) is 3.02. The number of hydrogen-bond acceptors (Lipinski definition) is 2. The van der Waals surface area contributed by atoms with Crippen molar-refractivity contribution in [1.29, 1.82) is 0 Å². The molecule has 4 heteroatoms. The van der Waals surface area contributed by atoms with Crippen molar-refractivity contribution in [2.75, 3.05) is 13.7 Å². The van der Waals surface area contributed by atoms with E-state index in [4.69, 9.17) is 16.3 Å². The lowest BCUT2D eigenvalue weighted by atomic mass is 10.0. The highest BCUT2D eigenvalue weighted by Gasteiger charge is 2.30. The molecule has 3 nitrogen and oxygen atoms in total. The van der Waals surface area contributed by atoms with Crippen LogP contribution in [0.25, 0.3) is 0 Å². The highest BCUT2D eigenvalue weighted by atomic mass is 35.5. The zero-order valence-corrected chi connectivity index (χ0v) is 13.0. The Bertz CT molecular complexity index is 423. The van der Waals surface area contributed by atoms with Gasteiger partial charge in [0.1, 0.15) is 11.1 Å². The standard InChI is InChI=1S/C15H22ClNO2/c1-6-17(15(2,3)4)14(18)13(16)11-7-9-12(19-5)10-8-11/h7-10,13H,6H2,1-5H3. The van der Waals surface area contributed by atoms with Gasteiger partial charge in [0, 0.05) is 12.1 Å². The van der Waals surface area contributed by atoms with Crippen molar-refractivity contribution in [3.05, 3.63) is 29.8 Å². The minimum Gasteiger partial charge on any atom is -0.497 e. The van der Waals surface area contributed by atoms with Crippen LogP contribution in [-0.2, 0) is 4.79 Å². The number of ether oxygens (including phenoxy) is 1. The maximum atomic E-state index is 12.4. The lowest BCUT2D eigenvalue weighted by molar-refractivity contribution is -0.135. The molecule has 1 unspecified atom stereocenters. The molecule has 1 aromatic carbocycles. The first-order valence-corrected chi connectivity index (χ1v) is 6.84. The van der Waals surface area contributed by atoms with Gasteiger partial charge in [-0.2, -0.15) is 0 Å². The fourth-order valence-corrected chi connectivity index (χ4v) is 2.28. The van der Waals surface area contributed by atoms with Crippen LogP contribution in [0.5, 0.6) is 5.75 Å². The van der Waals surface area contributed by atoms with E-state index < -0.39 is 5.38 Å². The molecule has 1 atom stereocenters. The lowest BCUT2D eigenvalue weighted by Gasteiger charge is -2.36. The normalized spacial score (nSPS) is 12.9. The van der Waals surface area contributed by atoms with Crippen molar-refractivity contribution >= 4 is 17.5 Å². The summed E-state index contributed by atoms with van der Waals surface area (Å²) in [6.45, 7) is 8.62. The van der Waals surface area contributed by atoms with Gasteiger partial charge in [-0.3, -0.25) is 4.79 Å². The molecule has 106 valence electrons. The van der Waals surface area contributed by atoms with Crippen molar-refractivity contribution in [2.24, 2.45) is 0 Å². The summed E-state index contributed by atoms with van der Waals surface area (Å²) in [5.74, 6) is 0.685. The van der Waals surface area contributed by atoms with Crippen LogP contribution in [0.15, 0.2) is 24.3 Å². The summed E-state index contributed by atoms with van der Waals surface area (Å²) < 4.78 is 5.09. The highest BCUT2D eigenvalue weighted by Crippen LogP contribution is 2.27. The van der Waals surface area contributed by atoms with E-state index in [9.17, 15) is 4.79 Å². The van der Waals surface area contributed by atoms with Crippen molar-refractivity contribution in [3.8, 4) is 5.75 Å². The van der Waals surface area contributed by atoms with E-state index in [2.05, 4.69) is 0 Å². The van der Waals surface area contributed by atoms with Crippen LogP contribution in [0.1, 0.15) is 38.6 Å². The van der Waals surface area contributed by atoms with Gasteiger partial charge in [-0.15, -0.1) is 11.6 Å². The average Bonchev–Trinajstić information content (AvgIpc) is 2.37. The maximum absolute atomic E-state index is 12.4. The van der Waals surface area contributed by atoms with Gasteiger partial charge >= 0.3 is 0 Å². The second-order valence-electron chi connectivity index (χ2n) is 5.39. The summed E-state index contributed by atoms with van der Waals surface area (Å²) in [5.41, 5.74) is 0.556. The van der Waals surface area contributed by atoms with Crippen molar-refractivity contribution < 1.29 is 9.53 Å². The number of alkyl halides is 1. The summed E-state index contributed by atoms with van der Waals surface area (Å²) in [5, 5.41) is -0.662. The third-order valence-corrected chi connectivity index (χ3v) is 3.46. The molecule has 0 N–H and O–H groups in total. The van der Waals surface area contributed by atoms with Crippen LogP contribution < -0.4 is 4.74 Å². The molecule has 0 aromatic heterocycles. The van der Waals surface area contributed by atoms with Crippen LogP contribution in [0, 0.1) is 0 Å². The molecule has 0 saturated heterocycles. The highest BCUT2D eigenvalue weighted by molar-refractivity contribution is 6.30. The number of rotatable bonds is 4. The van der Waals surface area contributed by atoms with Crippen LogP contribution in [0.4, 0.5) is 0 Å². The van der Waals surface area contributed by atoms with Crippen LogP contribution >= 0.6 is 11.6 Å². The van der Waals surface area contributed by atoms with Crippen LogP contribution in [0.3, 0.4) is 0 Å². The zero-order valence-electron chi connectivity index (χ0n) is 12.2. The van der Waals surface area contributed by atoms with Crippen molar-refractivity contribution in [1.82, 2.24) is 4.90 Å². The zero-order chi connectivity index (χ0) is 14.6. The Balaban J connectivity index is 2.91. The van der Waals surface area contributed by atoms with Gasteiger partial charge in [0.15, 0.2) is 0 Å². The molecule has 1 rings (SSSR count). The molecule has 0 saturated carbocycles. The van der Waals surface area contributed by atoms with E-state index in [0.29, 0.717) is 6.54 Å². The molecule has 1 aromatic rings. The SMILES string of the molecule is CCN(C(=O)C(Cl)c1ccc(OC)cc1)C(C)(C)C. The van der Waals surface area contributed by atoms with Gasteiger partial charge in [0.25, 0.3) is 0 Å². The van der Waals surface area contributed by atoms with E-state index in [1.54, 1.807) is 12.0 Å². The molecule has 0 aliphatic carbocycles. The maximum Gasteiger partial charge on any atom is 0.245 e. The number of nitrogens with zero attached hydrogens (tertiary/aromatic N) is 1. The number of carbonyl (C=O) groups is 1. The van der Waals surface area contributed by atoms with E-state index in [1.807, 2.05) is 52.0 Å². The Kier molecular flexibility index (Phi) is 5.24. The molecule has 1 amide bonds. The van der Waals surface area contributed by atoms with E-state index in [1.165, 1.54) is 0 Å². The smallest absolute Gasteiger partial charge is 0.245 e. The van der Waals surface area contributed by atoms with Crippen molar-refractivity contribution in [2.45, 2.75) is 38.6 Å². The quantitative estimate of drug-likeness (QED) is 0.790. The Morgan fingerprint density at radius 1 is 1.32 bits per heavy atom. The first kappa shape index (κ1) is 15.8. The number of likely N-dealkylation sites (N-methyl/N-ethyl adjacent to an activating group) is 1. The predicted octanol–water partition coefficient (Wildman–Crippen LogP) is 3.62. The van der Waals surface area contributed by atoms with Gasteiger partial charge in [0.2, 0.25) is 5.91 Å². The molecule has 0 radical (unpaired) electrons. The number of benzene rings is 1. The summed E-state index contributed by atoms with van der Waals surface area (Å²) in [6.07, 6.45) is 0. The summed E-state index contributed by atoms with van der Waals surface area (Å²) in [7, 11) is 1.61. The van der Waals surface area contributed by atoms with Crippen LogP contribution in [-0.4, -0.2) is 30.0 Å². The van der Waals surface area contributed by atoms with Gasteiger partial charge in [-0.05, 0) is 45.4 Å². The monoisotopic (exact) mass is 283 g/mol. The summed E-state index contributed by atoms with van der Waals surface area (Å²) in [4.78, 5) is 14.2. The molecule has 0 heterocycles. The second kappa shape index (κ2) is 6.29. The molecule has 0 spiro atoms. The number of amides is 1.